The van der Waals surface area contributed by atoms with Gasteiger partial charge in [-0.05, 0) is 43.8 Å². The minimum atomic E-state index is -0.436. The number of anilines is 2. The molecule has 1 N–H and O–H groups in total. The zero-order valence-electron chi connectivity index (χ0n) is 22.7. The molecular formula is C28H29N9O4. The molecule has 13 heteroatoms. The fourth-order valence-electron chi connectivity index (χ4n) is 4.75. The molecule has 1 fully saturated rings. The third-order valence-electron chi connectivity index (χ3n) is 7.09. The van der Waals surface area contributed by atoms with Crippen molar-refractivity contribution in [1.29, 1.82) is 0 Å². The standard InChI is InChI=1S/C28H29N9O4/c1-19-13-20(3-4-25(19)41-21-5-6-36-27(14-21)30-18-32-36)33-28-22-15-24(37(38)39)26(16-23(22)29-17-31-28)40-12-11-35-9-7-34(2)8-10-35/h3-6,13-18H,7-12H2,1-2H3,(H,29,31,33). The zero-order valence-corrected chi connectivity index (χ0v) is 22.7. The van der Waals surface area contributed by atoms with E-state index in [9.17, 15) is 10.1 Å². The first-order chi connectivity index (χ1) is 19.9. The second-order valence-corrected chi connectivity index (χ2v) is 9.94. The maximum Gasteiger partial charge on any atom is 0.311 e. The number of ether oxygens (including phenoxy) is 2. The maximum absolute atomic E-state index is 12.0. The van der Waals surface area contributed by atoms with Gasteiger partial charge in [-0.2, -0.15) is 5.10 Å². The number of aryl methyl sites for hydroxylation is 1. The number of nitro benzene ring substituents is 1. The van der Waals surface area contributed by atoms with Crippen LogP contribution >= 0.6 is 0 Å². The highest BCUT2D eigenvalue weighted by Crippen LogP contribution is 2.35. The molecule has 0 saturated carbocycles. The lowest BCUT2D eigenvalue weighted by Crippen LogP contribution is -2.45. The van der Waals surface area contributed by atoms with Gasteiger partial charge in [0, 0.05) is 62.8 Å². The van der Waals surface area contributed by atoms with Crippen molar-refractivity contribution >= 4 is 33.7 Å². The minimum absolute atomic E-state index is 0.127. The summed E-state index contributed by atoms with van der Waals surface area (Å²) in [5.41, 5.74) is 2.74. The average molecular weight is 556 g/mol. The Hall–Kier alpha value is -4.88. The molecule has 0 amide bonds. The van der Waals surface area contributed by atoms with E-state index in [1.165, 1.54) is 18.7 Å². The van der Waals surface area contributed by atoms with Gasteiger partial charge >= 0.3 is 5.69 Å². The Balaban J connectivity index is 1.19. The molecule has 6 rings (SSSR count). The van der Waals surface area contributed by atoms with Crippen molar-refractivity contribution < 1.29 is 14.4 Å². The van der Waals surface area contributed by atoms with E-state index in [4.69, 9.17) is 9.47 Å². The predicted molar refractivity (Wildman–Crippen MR) is 153 cm³/mol. The van der Waals surface area contributed by atoms with Crippen LogP contribution in [0.5, 0.6) is 17.2 Å². The summed E-state index contributed by atoms with van der Waals surface area (Å²) in [4.78, 5) is 29.0. The van der Waals surface area contributed by atoms with Crippen molar-refractivity contribution in [2.24, 2.45) is 0 Å². The Morgan fingerprint density at radius 2 is 1.85 bits per heavy atom. The third-order valence-corrected chi connectivity index (χ3v) is 7.09. The number of nitrogens with one attached hydrogen (secondary N) is 1. The second kappa shape index (κ2) is 11.3. The molecule has 1 aliphatic rings. The lowest BCUT2D eigenvalue weighted by molar-refractivity contribution is -0.385. The van der Waals surface area contributed by atoms with Crippen LogP contribution in [0.4, 0.5) is 17.2 Å². The number of aromatic nitrogens is 5. The normalized spacial score (nSPS) is 14.4. The minimum Gasteiger partial charge on any atom is -0.485 e. The van der Waals surface area contributed by atoms with Gasteiger partial charge < -0.3 is 19.7 Å². The summed E-state index contributed by atoms with van der Waals surface area (Å²) >= 11 is 0. The molecular weight excluding hydrogens is 526 g/mol. The molecule has 1 saturated heterocycles. The first-order valence-electron chi connectivity index (χ1n) is 13.2. The van der Waals surface area contributed by atoms with Crippen molar-refractivity contribution in [3.05, 3.63) is 77.0 Å². The monoisotopic (exact) mass is 555 g/mol. The SMILES string of the molecule is Cc1cc(Nc2ncnc3cc(OCCN4CCN(C)CC4)c([N+](=O)[O-])cc23)ccc1Oc1ccn2ncnc2c1. The van der Waals surface area contributed by atoms with E-state index in [1.807, 2.05) is 37.3 Å². The molecule has 1 aliphatic heterocycles. The van der Waals surface area contributed by atoms with Crippen LogP contribution in [0.25, 0.3) is 16.6 Å². The summed E-state index contributed by atoms with van der Waals surface area (Å²) in [5, 5.41) is 19.8. The first kappa shape index (κ1) is 26.3. The molecule has 0 atom stereocenters. The Morgan fingerprint density at radius 1 is 1.00 bits per heavy atom. The molecule has 0 spiro atoms. The number of nitrogens with zero attached hydrogens (tertiary/aromatic N) is 8. The van der Waals surface area contributed by atoms with Gasteiger partial charge in [-0.3, -0.25) is 15.0 Å². The van der Waals surface area contributed by atoms with Gasteiger partial charge in [0.05, 0.1) is 15.8 Å². The summed E-state index contributed by atoms with van der Waals surface area (Å²) in [6.45, 7) is 6.89. The van der Waals surface area contributed by atoms with E-state index in [-0.39, 0.29) is 11.4 Å². The topological polar surface area (TPSA) is 136 Å². The highest BCUT2D eigenvalue weighted by atomic mass is 16.6. The summed E-state index contributed by atoms with van der Waals surface area (Å²) in [6.07, 6.45) is 4.70. The summed E-state index contributed by atoms with van der Waals surface area (Å²) in [7, 11) is 2.10. The maximum atomic E-state index is 12.0. The number of rotatable bonds is 9. The van der Waals surface area contributed by atoms with Gasteiger partial charge in [0.25, 0.3) is 0 Å². The van der Waals surface area contributed by atoms with Gasteiger partial charge in [0.2, 0.25) is 0 Å². The number of pyridine rings is 1. The number of hydrogen-bond donors (Lipinski definition) is 1. The Bertz CT molecular complexity index is 1720. The van der Waals surface area contributed by atoms with E-state index in [0.29, 0.717) is 47.0 Å². The van der Waals surface area contributed by atoms with Crippen molar-refractivity contribution in [3.63, 3.8) is 0 Å². The van der Waals surface area contributed by atoms with Crippen molar-refractivity contribution in [2.45, 2.75) is 6.92 Å². The lowest BCUT2D eigenvalue weighted by Gasteiger charge is -2.32. The molecule has 13 nitrogen and oxygen atoms in total. The third kappa shape index (κ3) is 5.85. The summed E-state index contributed by atoms with van der Waals surface area (Å²) < 4.78 is 13.6. The number of likely N-dealkylation sites (N-methyl/N-ethyl adjacent to an activating group) is 1. The predicted octanol–water partition coefficient (Wildman–Crippen LogP) is 4.05. The quantitative estimate of drug-likeness (QED) is 0.208. The van der Waals surface area contributed by atoms with Crippen LogP contribution in [0.15, 0.2) is 61.3 Å². The number of piperazine rings is 1. The molecule has 2 aromatic carbocycles. The number of nitro groups is 1. The number of hydrogen-bond acceptors (Lipinski definition) is 11. The van der Waals surface area contributed by atoms with Crippen molar-refractivity contribution in [2.75, 3.05) is 51.7 Å². The molecule has 0 unspecified atom stereocenters. The summed E-state index contributed by atoms with van der Waals surface area (Å²) in [6, 6.07) is 12.3. The van der Waals surface area contributed by atoms with Crippen LogP contribution in [0, 0.1) is 17.0 Å². The van der Waals surface area contributed by atoms with Crippen LogP contribution in [-0.4, -0.2) is 85.7 Å². The molecule has 4 heterocycles. The van der Waals surface area contributed by atoms with E-state index >= 15 is 0 Å². The van der Waals surface area contributed by atoms with Gasteiger partial charge in [-0.25, -0.2) is 19.5 Å². The molecule has 3 aromatic heterocycles. The zero-order chi connectivity index (χ0) is 28.3. The largest absolute Gasteiger partial charge is 0.485 e. The molecule has 0 aliphatic carbocycles. The summed E-state index contributed by atoms with van der Waals surface area (Å²) in [5.74, 6) is 1.97. The average Bonchev–Trinajstić information content (AvgIpc) is 3.43. The van der Waals surface area contributed by atoms with Crippen molar-refractivity contribution in [3.8, 4) is 17.2 Å². The fourth-order valence-corrected chi connectivity index (χ4v) is 4.75. The Labute approximate surface area is 235 Å². The van der Waals surface area contributed by atoms with E-state index in [2.05, 4.69) is 42.2 Å². The van der Waals surface area contributed by atoms with Gasteiger partial charge in [0.15, 0.2) is 11.4 Å². The van der Waals surface area contributed by atoms with Crippen LogP contribution in [0.3, 0.4) is 0 Å². The lowest BCUT2D eigenvalue weighted by atomic mass is 10.1. The first-order valence-corrected chi connectivity index (χ1v) is 13.2. The van der Waals surface area contributed by atoms with E-state index in [0.717, 1.165) is 37.4 Å². The molecule has 210 valence electrons. The second-order valence-electron chi connectivity index (χ2n) is 9.94. The smallest absolute Gasteiger partial charge is 0.311 e. The van der Waals surface area contributed by atoms with Crippen LogP contribution in [0.1, 0.15) is 5.56 Å². The highest BCUT2D eigenvalue weighted by molar-refractivity contribution is 5.93. The van der Waals surface area contributed by atoms with Gasteiger partial charge in [-0.15, -0.1) is 0 Å². The van der Waals surface area contributed by atoms with E-state index in [1.54, 1.807) is 16.8 Å². The number of fused-ring (bicyclic) bond motifs is 2. The molecule has 41 heavy (non-hydrogen) atoms. The van der Waals surface area contributed by atoms with Gasteiger partial charge in [-0.1, -0.05) is 0 Å². The van der Waals surface area contributed by atoms with Gasteiger partial charge in [0.1, 0.15) is 36.6 Å². The molecule has 0 radical (unpaired) electrons. The molecule has 0 bridgehead atoms. The van der Waals surface area contributed by atoms with Crippen LogP contribution in [-0.2, 0) is 0 Å². The number of benzene rings is 2. The Morgan fingerprint density at radius 3 is 2.66 bits per heavy atom. The van der Waals surface area contributed by atoms with E-state index < -0.39 is 4.92 Å². The van der Waals surface area contributed by atoms with Crippen molar-refractivity contribution in [1.82, 2.24) is 34.4 Å². The highest BCUT2D eigenvalue weighted by Gasteiger charge is 2.20. The van der Waals surface area contributed by atoms with Crippen LogP contribution in [0.2, 0.25) is 0 Å². The Kier molecular flexibility index (Phi) is 7.27. The fraction of sp³-hybridized carbons (Fsp3) is 0.286. The van der Waals surface area contributed by atoms with Crippen LogP contribution < -0.4 is 14.8 Å². The molecule has 5 aromatic rings.